The average Bonchev–Trinajstić information content (AvgIpc) is 2.73. The van der Waals surface area contributed by atoms with Crippen molar-refractivity contribution in [3.8, 4) is 5.75 Å². The van der Waals surface area contributed by atoms with Crippen LogP contribution in [0, 0.1) is 5.82 Å². The zero-order valence-electron chi connectivity index (χ0n) is 18.4. The molecule has 0 radical (unpaired) electrons. The molecular formula is C22H30FN5O3. The Bertz CT molecular complexity index is 859. The van der Waals surface area contributed by atoms with Crippen molar-refractivity contribution in [2.75, 3.05) is 18.5 Å². The standard InChI is InChI=1S/C22H30FN5O3/c1-5-24-14-26-21(28-19-7-6-17(23)12-20(19)31-15(2)3)13-25-16(4)22(29)27-18-8-10-30-11-9-18/h5-7,12-15,18,28H,8-11H2,1-4H3,(H,27,29)/b21-13-,24-5?,25-16?,26-14-. The Hall–Kier alpha value is -3.07. The highest BCUT2D eigenvalue weighted by Crippen LogP contribution is 2.28. The summed E-state index contributed by atoms with van der Waals surface area (Å²) in [6.45, 7) is 8.37. The first-order valence-corrected chi connectivity index (χ1v) is 10.3. The third kappa shape index (κ3) is 8.67. The van der Waals surface area contributed by atoms with Gasteiger partial charge in [0.25, 0.3) is 5.91 Å². The van der Waals surface area contributed by atoms with Gasteiger partial charge in [-0.25, -0.2) is 14.4 Å². The van der Waals surface area contributed by atoms with Gasteiger partial charge in [-0.05, 0) is 52.7 Å². The molecule has 1 amide bonds. The smallest absolute Gasteiger partial charge is 0.265 e. The molecule has 0 aromatic heterocycles. The summed E-state index contributed by atoms with van der Waals surface area (Å²) in [4.78, 5) is 24.8. The van der Waals surface area contributed by atoms with E-state index < -0.39 is 5.82 Å². The number of benzene rings is 1. The van der Waals surface area contributed by atoms with Crippen LogP contribution in [0.15, 0.2) is 45.2 Å². The van der Waals surface area contributed by atoms with Crippen LogP contribution in [0.1, 0.15) is 40.5 Å². The van der Waals surface area contributed by atoms with E-state index in [0.717, 1.165) is 12.8 Å². The zero-order chi connectivity index (χ0) is 22.6. The lowest BCUT2D eigenvalue weighted by Gasteiger charge is -2.22. The van der Waals surface area contributed by atoms with Gasteiger partial charge in [-0.3, -0.25) is 9.79 Å². The number of carbonyl (C=O) groups excluding carboxylic acids is 1. The Labute approximate surface area is 182 Å². The lowest BCUT2D eigenvalue weighted by molar-refractivity contribution is -0.116. The lowest BCUT2D eigenvalue weighted by Crippen LogP contribution is -2.41. The maximum Gasteiger partial charge on any atom is 0.265 e. The van der Waals surface area contributed by atoms with Crippen molar-refractivity contribution in [2.45, 2.75) is 52.7 Å². The van der Waals surface area contributed by atoms with E-state index in [9.17, 15) is 9.18 Å². The Morgan fingerprint density at radius 1 is 1.32 bits per heavy atom. The Kier molecular flexibility index (Phi) is 9.83. The number of rotatable bonds is 9. The number of nitrogens with zero attached hydrogens (tertiary/aromatic N) is 3. The minimum Gasteiger partial charge on any atom is -0.489 e. The highest BCUT2D eigenvalue weighted by Gasteiger charge is 2.17. The molecule has 168 valence electrons. The van der Waals surface area contributed by atoms with E-state index in [0.29, 0.717) is 30.5 Å². The van der Waals surface area contributed by atoms with Crippen LogP contribution in [0.5, 0.6) is 5.75 Å². The number of amides is 1. The van der Waals surface area contributed by atoms with Gasteiger partial charge in [0.05, 0.1) is 18.0 Å². The summed E-state index contributed by atoms with van der Waals surface area (Å²) in [5, 5.41) is 6.02. The van der Waals surface area contributed by atoms with Gasteiger partial charge in [0.1, 0.15) is 23.6 Å². The minimum atomic E-state index is -0.413. The van der Waals surface area contributed by atoms with Gasteiger partial charge in [-0.15, -0.1) is 0 Å². The summed E-state index contributed by atoms with van der Waals surface area (Å²) >= 11 is 0. The molecule has 1 fully saturated rings. The molecular weight excluding hydrogens is 401 g/mol. The largest absolute Gasteiger partial charge is 0.489 e. The van der Waals surface area contributed by atoms with Crippen LogP contribution in [0.2, 0.25) is 0 Å². The second-order valence-corrected chi connectivity index (χ2v) is 7.17. The van der Waals surface area contributed by atoms with Crippen molar-refractivity contribution in [3.63, 3.8) is 0 Å². The molecule has 0 bridgehead atoms. The molecule has 31 heavy (non-hydrogen) atoms. The van der Waals surface area contributed by atoms with Gasteiger partial charge in [-0.1, -0.05) is 0 Å². The van der Waals surface area contributed by atoms with E-state index in [1.807, 2.05) is 13.8 Å². The molecule has 0 saturated carbocycles. The molecule has 2 rings (SSSR count). The van der Waals surface area contributed by atoms with Gasteiger partial charge in [-0.2, -0.15) is 0 Å². The molecule has 9 heteroatoms. The van der Waals surface area contributed by atoms with Gasteiger partial charge >= 0.3 is 0 Å². The maximum absolute atomic E-state index is 13.7. The van der Waals surface area contributed by atoms with E-state index in [1.165, 1.54) is 24.7 Å². The summed E-state index contributed by atoms with van der Waals surface area (Å²) < 4.78 is 24.7. The van der Waals surface area contributed by atoms with Crippen LogP contribution < -0.4 is 15.4 Å². The fourth-order valence-corrected chi connectivity index (χ4v) is 2.70. The molecule has 0 atom stereocenters. The number of ether oxygens (including phenoxy) is 2. The number of nitrogens with one attached hydrogen (secondary N) is 2. The van der Waals surface area contributed by atoms with E-state index in [-0.39, 0.29) is 23.8 Å². The Morgan fingerprint density at radius 3 is 2.74 bits per heavy atom. The molecule has 1 heterocycles. The fourth-order valence-electron chi connectivity index (χ4n) is 2.70. The topological polar surface area (TPSA) is 96.7 Å². The van der Waals surface area contributed by atoms with Crippen molar-refractivity contribution in [3.05, 3.63) is 36.0 Å². The van der Waals surface area contributed by atoms with Crippen molar-refractivity contribution < 1.29 is 18.7 Å². The van der Waals surface area contributed by atoms with Crippen LogP contribution in [0.4, 0.5) is 10.1 Å². The predicted molar refractivity (Wildman–Crippen MR) is 122 cm³/mol. The molecule has 2 N–H and O–H groups in total. The first kappa shape index (κ1) is 24.2. The number of carbonyl (C=O) groups is 1. The number of anilines is 1. The third-order valence-corrected chi connectivity index (χ3v) is 4.25. The molecule has 1 aromatic carbocycles. The van der Waals surface area contributed by atoms with Gasteiger partial charge in [0.2, 0.25) is 0 Å². The molecule has 1 aliphatic heterocycles. The number of hydrogen-bond donors (Lipinski definition) is 2. The number of aliphatic imine (C=N–C) groups is 3. The van der Waals surface area contributed by atoms with Gasteiger partial charge in [0.15, 0.2) is 5.82 Å². The maximum atomic E-state index is 13.7. The van der Waals surface area contributed by atoms with Crippen molar-refractivity contribution in [2.24, 2.45) is 15.0 Å². The molecule has 1 saturated heterocycles. The summed E-state index contributed by atoms with van der Waals surface area (Å²) in [6, 6.07) is 4.24. The van der Waals surface area contributed by atoms with E-state index in [4.69, 9.17) is 9.47 Å². The Morgan fingerprint density at radius 2 is 2.06 bits per heavy atom. The molecule has 0 aliphatic carbocycles. The monoisotopic (exact) mass is 431 g/mol. The first-order chi connectivity index (χ1) is 14.9. The molecule has 0 spiro atoms. The second kappa shape index (κ2) is 12.6. The minimum absolute atomic E-state index is 0.0832. The van der Waals surface area contributed by atoms with Crippen LogP contribution in [0.25, 0.3) is 0 Å². The van der Waals surface area contributed by atoms with E-state index in [2.05, 4.69) is 25.6 Å². The quantitative estimate of drug-likeness (QED) is 0.460. The first-order valence-electron chi connectivity index (χ1n) is 10.3. The number of hydrogen-bond acceptors (Lipinski definition) is 6. The number of halogens is 1. The summed E-state index contributed by atoms with van der Waals surface area (Å²) in [7, 11) is 0. The molecule has 8 nitrogen and oxygen atoms in total. The van der Waals surface area contributed by atoms with Crippen LogP contribution in [-0.4, -0.2) is 49.5 Å². The molecule has 1 aromatic rings. The SMILES string of the molecule is CC=N/C=N\C(=C\N=C(C)C(=O)NC1CCOCC1)Nc1ccc(F)cc1OC(C)C. The van der Waals surface area contributed by atoms with Crippen LogP contribution >= 0.6 is 0 Å². The van der Waals surface area contributed by atoms with E-state index in [1.54, 1.807) is 26.1 Å². The highest BCUT2D eigenvalue weighted by atomic mass is 19.1. The third-order valence-electron chi connectivity index (χ3n) is 4.25. The summed E-state index contributed by atoms with van der Waals surface area (Å²) in [6.07, 6.45) is 5.77. The fraction of sp³-hybridized carbons (Fsp3) is 0.455. The van der Waals surface area contributed by atoms with Crippen molar-refractivity contribution >= 4 is 29.9 Å². The molecule has 0 unspecified atom stereocenters. The average molecular weight is 432 g/mol. The summed E-state index contributed by atoms with van der Waals surface area (Å²) in [5.74, 6) is -0.00906. The normalized spacial score (nSPS) is 16.3. The van der Waals surface area contributed by atoms with E-state index >= 15 is 0 Å². The van der Waals surface area contributed by atoms with Crippen molar-refractivity contribution in [1.82, 2.24) is 5.32 Å². The Balaban J connectivity index is 2.20. The van der Waals surface area contributed by atoms with Gasteiger partial charge in [0, 0.05) is 31.5 Å². The van der Waals surface area contributed by atoms with Crippen LogP contribution in [-0.2, 0) is 9.53 Å². The van der Waals surface area contributed by atoms with Gasteiger partial charge < -0.3 is 20.1 Å². The predicted octanol–water partition coefficient (Wildman–Crippen LogP) is 3.70. The zero-order valence-corrected chi connectivity index (χ0v) is 18.4. The highest BCUT2D eigenvalue weighted by molar-refractivity contribution is 6.38. The molecule has 1 aliphatic rings. The van der Waals surface area contributed by atoms with Crippen LogP contribution in [0.3, 0.4) is 0 Å². The summed E-state index contributed by atoms with van der Waals surface area (Å²) in [5.41, 5.74) is 0.802. The van der Waals surface area contributed by atoms with Crippen molar-refractivity contribution in [1.29, 1.82) is 0 Å². The second-order valence-electron chi connectivity index (χ2n) is 7.17. The lowest BCUT2D eigenvalue weighted by atomic mass is 10.1.